The molecule has 0 saturated heterocycles. The van der Waals surface area contributed by atoms with Gasteiger partial charge >= 0.3 is 0 Å². The van der Waals surface area contributed by atoms with Crippen LogP contribution in [-0.4, -0.2) is 10.7 Å². The van der Waals surface area contributed by atoms with Gasteiger partial charge in [0.25, 0.3) is 0 Å². The number of benzene rings is 1. The molecule has 3 aliphatic carbocycles. The molecule has 0 spiro atoms. The number of hydrogen-bond donors (Lipinski definition) is 1. The maximum absolute atomic E-state index is 13.5. The van der Waals surface area contributed by atoms with Crippen LogP contribution < -0.4 is 0 Å². The molecule has 3 saturated carbocycles. The van der Waals surface area contributed by atoms with E-state index in [-0.39, 0.29) is 5.82 Å². The van der Waals surface area contributed by atoms with Crippen LogP contribution >= 0.6 is 0 Å². The molecule has 1 N–H and O–H groups in total. The first-order chi connectivity index (χ1) is 9.57. The number of aliphatic hydroxyl groups is 1. The van der Waals surface area contributed by atoms with Gasteiger partial charge in [-0.15, -0.1) is 0 Å². The zero-order chi connectivity index (χ0) is 13.9. The quantitative estimate of drug-likeness (QED) is 0.868. The van der Waals surface area contributed by atoms with E-state index >= 15 is 0 Å². The molecule has 1 aromatic carbocycles. The van der Waals surface area contributed by atoms with Gasteiger partial charge in [-0.05, 0) is 79.5 Å². The van der Waals surface area contributed by atoms with Crippen molar-refractivity contribution < 1.29 is 9.50 Å². The fraction of sp³-hybridized carbons (Fsp3) is 0.667. The second kappa shape index (κ2) is 4.30. The minimum Gasteiger partial charge on any atom is -0.389 e. The van der Waals surface area contributed by atoms with Gasteiger partial charge < -0.3 is 5.11 Å². The zero-order valence-corrected chi connectivity index (χ0v) is 12.1. The number of fused-ring (bicyclic) bond motifs is 5. The Morgan fingerprint density at radius 1 is 1.30 bits per heavy atom. The first-order valence-corrected chi connectivity index (χ1v) is 8.04. The van der Waals surface area contributed by atoms with Gasteiger partial charge in [0.1, 0.15) is 5.82 Å². The maximum Gasteiger partial charge on any atom is 0.123 e. The van der Waals surface area contributed by atoms with Crippen molar-refractivity contribution in [3.05, 3.63) is 35.1 Å². The summed E-state index contributed by atoms with van der Waals surface area (Å²) in [6, 6.07) is 4.96. The van der Waals surface area contributed by atoms with Gasteiger partial charge in [-0.2, -0.15) is 0 Å². The first-order valence-electron chi connectivity index (χ1n) is 8.04. The molecule has 3 aliphatic rings. The van der Waals surface area contributed by atoms with Crippen LogP contribution in [0, 0.1) is 36.4 Å². The Balaban J connectivity index is 1.61. The molecule has 5 atom stereocenters. The molecule has 1 nitrogen and oxygen atoms in total. The minimum atomic E-state index is -0.575. The number of rotatable bonds is 2. The molecule has 2 bridgehead atoms. The molecule has 2 heteroatoms. The van der Waals surface area contributed by atoms with E-state index in [1.54, 1.807) is 6.07 Å². The molecule has 108 valence electrons. The van der Waals surface area contributed by atoms with Gasteiger partial charge in [-0.1, -0.05) is 12.5 Å². The van der Waals surface area contributed by atoms with Crippen molar-refractivity contribution in [2.45, 2.75) is 51.0 Å². The van der Waals surface area contributed by atoms with Crippen LogP contribution in [0.15, 0.2) is 18.2 Å². The van der Waals surface area contributed by atoms with Crippen molar-refractivity contribution in [2.24, 2.45) is 23.7 Å². The summed E-state index contributed by atoms with van der Waals surface area (Å²) in [5.41, 5.74) is 1.52. The zero-order valence-electron chi connectivity index (χ0n) is 12.1. The Bertz CT molecular complexity index is 540. The van der Waals surface area contributed by atoms with E-state index < -0.39 is 5.60 Å². The normalized spacial score (nSPS) is 42.1. The van der Waals surface area contributed by atoms with E-state index in [2.05, 4.69) is 0 Å². The first kappa shape index (κ1) is 12.8. The average Bonchev–Trinajstić information content (AvgIpc) is 3.04. The third-order valence-corrected chi connectivity index (χ3v) is 6.42. The predicted octanol–water partition coefficient (Wildman–Crippen LogP) is 3.86. The molecular weight excluding hydrogens is 251 g/mol. The average molecular weight is 274 g/mol. The summed E-state index contributed by atoms with van der Waals surface area (Å²) in [5, 5.41) is 11.2. The van der Waals surface area contributed by atoms with E-state index in [0.29, 0.717) is 12.3 Å². The highest BCUT2D eigenvalue weighted by Crippen LogP contribution is 2.63. The van der Waals surface area contributed by atoms with E-state index in [4.69, 9.17) is 0 Å². The predicted molar refractivity (Wildman–Crippen MR) is 76.8 cm³/mol. The summed E-state index contributed by atoms with van der Waals surface area (Å²) in [5.74, 6) is 2.63. The van der Waals surface area contributed by atoms with Crippen molar-refractivity contribution >= 4 is 0 Å². The third-order valence-electron chi connectivity index (χ3n) is 6.42. The lowest BCUT2D eigenvalue weighted by atomic mass is 9.70. The van der Waals surface area contributed by atoms with Gasteiger partial charge in [-0.3, -0.25) is 0 Å². The topological polar surface area (TPSA) is 20.2 Å². The third kappa shape index (κ3) is 1.77. The van der Waals surface area contributed by atoms with Gasteiger partial charge in [0, 0.05) is 6.42 Å². The van der Waals surface area contributed by atoms with Crippen LogP contribution in [0.25, 0.3) is 0 Å². The minimum absolute atomic E-state index is 0.184. The van der Waals surface area contributed by atoms with E-state index in [0.717, 1.165) is 35.3 Å². The molecule has 4 rings (SSSR count). The molecule has 5 unspecified atom stereocenters. The van der Waals surface area contributed by atoms with Crippen molar-refractivity contribution in [3.8, 4) is 0 Å². The highest BCUT2D eigenvalue weighted by atomic mass is 19.1. The number of hydrogen-bond acceptors (Lipinski definition) is 1. The molecule has 0 aliphatic heterocycles. The molecule has 3 fully saturated rings. The van der Waals surface area contributed by atoms with Gasteiger partial charge in [0.15, 0.2) is 0 Å². The Hall–Kier alpha value is -0.890. The van der Waals surface area contributed by atoms with Gasteiger partial charge in [-0.25, -0.2) is 4.39 Å². The maximum atomic E-state index is 13.5. The molecule has 0 heterocycles. The second-order valence-corrected chi connectivity index (χ2v) is 7.42. The van der Waals surface area contributed by atoms with Crippen LogP contribution in [0.5, 0.6) is 0 Å². The summed E-state index contributed by atoms with van der Waals surface area (Å²) >= 11 is 0. The van der Waals surface area contributed by atoms with Crippen molar-refractivity contribution in [1.82, 2.24) is 0 Å². The summed E-state index contributed by atoms with van der Waals surface area (Å²) in [4.78, 5) is 0. The summed E-state index contributed by atoms with van der Waals surface area (Å²) < 4.78 is 13.5. The molecule has 20 heavy (non-hydrogen) atoms. The monoisotopic (exact) mass is 274 g/mol. The van der Waals surface area contributed by atoms with Crippen LogP contribution in [0.1, 0.15) is 43.2 Å². The van der Waals surface area contributed by atoms with E-state index in [1.165, 1.54) is 31.7 Å². The summed E-state index contributed by atoms with van der Waals surface area (Å²) in [6.07, 6.45) is 6.81. The second-order valence-electron chi connectivity index (χ2n) is 7.42. The van der Waals surface area contributed by atoms with Gasteiger partial charge in [0.2, 0.25) is 0 Å². The van der Waals surface area contributed by atoms with Crippen LogP contribution in [0.3, 0.4) is 0 Å². The summed E-state index contributed by atoms with van der Waals surface area (Å²) in [6.45, 7) is 2.02. The number of halogens is 1. The molecule has 0 aromatic heterocycles. The summed E-state index contributed by atoms with van der Waals surface area (Å²) in [7, 11) is 0. The molecule has 0 amide bonds. The van der Waals surface area contributed by atoms with Crippen molar-refractivity contribution in [2.75, 3.05) is 0 Å². The lowest BCUT2D eigenvalue weighted by Gasteiger charge is -2.39. The number of aryl methyl sites for hydroxylation is 1. The highest BCUT2D eigenvalue weighted by molar-refractivity contribution is 5.29. The molecule has 0 radical (unpaired) electrons. The Kier molecular flexibility index (Phi) is 2.76. The van der Waals surface area contributed by atoms with Crippen molar-refractivity contribution in [1.29, 1.82) is 0 Å². The lowest BCUT2D eigenvalue weighted by Crippen LogP contribution is -2.43. The Labute approximate surface area is 120 Å². The Morgan fingerprint density at radius 3 is 2.95 bits per heavy atom. The fourth-order valence-corrected chi connectivity index (χ4v) is 5.60. The standard InChI is InChI=1S/C18H23FO/c1-11-5-6-14(19)7-12(11)9-18(20)10-13-8-17(18)16-4-2-3-15(13)16/h5-7,13,15-17,20H,2-4,8-10H2,1H3. The molecular formula is C18H23FO. The SMILES string of the molecule is Cc1ccc(F)cc1CC1(O)CC2CC1C1CCCC21. The Morgan fingerprint density at radius 2 is 2.10 bits per heavy atom. The van der Waals surface area contributed by atoms with Gasteiger partial charge in [0.05, 0.1) is 5.60 Å². The van der Waals surface area contributed by atoms with Crippen LogP contribution in [-0.2, 0) is 6.42 Å². The van der Waals surface area contributed by atoms with Crippen molar-refractivity contribution in [3.63, 3.8) is 0 Å². The highest BCUT2D eigenvalue weighted by Gasteiger charge is 2.60. The lowest BCUT2D eigenvalue weighted by molar-refractivity contribution is -0.0451. The largest absolute Gasteiger partial charge is 0.389 e. The van der Waals surface area contributed by atoms with E-state index in [9.17, 15) is 9.50 Å². The van der Waals surface area contributed by atoms with Crippen LogP contribution in [0.4, 0.5) is 4.39 Å². The smallest absolute Gasteiger partial charge is 0.123 e. The van der Waals surface area contributed by atoms with E-state index in [1.807, 2.05) is 13.0 Å². The fourth-order valence-electron chi connectivity index (χ4n) is 5.60. The van der Waals surface area contributed by atoms with Crippen LogP contribution in [0.2, 0.25) is 0 Å². The molecule has 1 aromatic rings.